The Bertz CT molecular complexity index is 995. The quantitative estimate of drug-likeness (QED) is 0.680. The van der Waals surface area contributed by atoms with Crippen molar-refractivity contribution in [3.63, 3.8) is 0 Å². The summed E-state index contributed by atoms with van der Waals surface area (Å²) in [5.74, 6) is -0.0601. The van der Waals surface area contributed by atoms with Gasteiger partial charge in [0, 0.05) is 0 Å². The lowest BCUT2D eigenvalue weighted by Crippen LogP contribution is -2.13. The van der Waals surface area contributed by atoms with E-state index in [2.05, 4.69) is 4.72 Å². The number of rotatable bonds is 4. The highest BCUT2D eigenvalue weighted by Crippen LogP contribution is 2.31. The molecule has 0 aliphatic heterocycles. The first-order chi connectivity index (χ1) is 11.9. The zero-order chi connectivity index (χ0) is 18.0. The largest absolute Gasteiger partial charge is 0.505 e. The maximum atomic E-state index is 12.6. The van der Waals surface area contributed by atoms with E-state index < -0.39 is 10.0 Å². The van der Waals surface area contributed by atoms with Gasteiger partial charge < -0.3 is 5.11 Å². The van der Waals surface area contributed by atoms with Crippen LogP contribution in [-0.2, 0) is 10.0 Å². The van der Waals surface area contributed by atoms with E-state index in [0.29, 0.717) is 5.56 Å². The molecule has 3 aromatic carbocycles. The van der Waals surface area contributed by atoms with Crippen LogP contribution in [0.2, 0.25) is 0 Å². The van der Waals surface area contributed by atoms with Gasteiger partial charge in [0.1, 0.15) is 5.75 Å². The molecule has 25 heavy (non-hydrogen) atoms. The fourth-order valence-electron chi connectivity index (χ4n) is 2.70. The van der Waals surface area contributed by atoms with Gasteiger partial charge in [0.05, 0.1) is 10.6 Å². The van der Waals surface area contributed by atoms with Crippen LogP contribution in [0.1, 0.15) is 11.1 Å². The van der Waals surface area contributed by atoms with Crippen LogP contribution in [0.5, 0.6) is 5.75 Å². The summed E-state index contributed by atoms with van der Waals surface area (Å²) in [6.45, 7) is 3.58. The number of phenolic OH excluding ortho intramolecular Hbond substituents is 1. The predicted octanol–water partition coefficient (Wildman–Crippen LogP) is 4.48. The van der Waals surface area contributed by atoms with Crippen molar-refractivity contribution in [2.75, 3.05) is 4.72 Å². The van der Waals surface area contributed by atoms with Crippen molar-refractivity contribution in [1.82, 2.24) is 0 Å². The number of nitrogens with one attached hydrogen (secondary N) is 1. The summed E-state index contributed by atoms with van der Waals surface area (Å²) in [5.41, 5.74) is 3.63. The first-order valence-corrected chi connectivity index (χ1v) is 9.34. The highest BCUT2D eigenvalue weighted by Gasteiger charge is 2.17. The second kappa shape index (κ2) is 6.61. The molecule has 0 saturated carbocycles. The maximum Gasteiger partial charge on any atom is 0.262 e. The van der Waals surface area contributed by atoms with Gasteiger partial charge in [-0.15, -0.1) is 0 Å². The maximum absolute atomic E-state index is 12.6. The lowest BCUT2D eigenvalue weighted by atomic mass is 10.1. The topological polar surface area (TPSA) is 66.4 Å². The van der Waals surface area contributed by atoms with Crippen LogP contribution in [0.3, 0.4) is 0 Å². The zero-order valence-electron chi connectivity index (χ0n) is 14.0. The lowest BCUT2D eigenvalue weighted by Gasteiger charge is -2.12. The third-order valence-electron chi connectivity index (χ3n) is 3.96. The molecule has 0 aliphatic rings. The number of hydrogen-bond acceptors (Lipinski definition) is 3. The van der Waals surface area contributed by atoms with Gasteiger partial charge in [-0.2, -0.15) is 0 Å². The van der Waals surface area contributed by atoms with E-state index in [1.54, 1.807) is 43.3 Å². The van der Waals surface area contributed by atoms with Crippen LogP contribution in [-0.4, -0.2) is 13.5 Å². The zero-order valence-corrected chi connectivity index (χ0v) is 14.8. The van der Waals surface area contributed by atoms with E-state index in [1.165, 1.54) is 0 Å². The van der Waals surface area contributed by atoms with Crippen molar-refractivity contribution in [2.45, 2.75) is 18.7 Å². The highest BCUT2D eigenvalue weighted by atomic mass is 32.2. The predicted molar refractivity (Wildman–Crippen MR) is 100 cm³/mol. The second-order valence-corrected chi connectivity index (χ2v) is 7.66. The third kappa shape index (κ3) is 3.67. The smallest absolute Gasteiger partial charge is 0.262 e. The lowest BCUT2D eigenvalue weighted by molar-refractivity contribution is 0.473. The van der Waals surface area contributed by atoms with Crippen LogP contribution >= 0.6 is 0 Å². The van der Waals surface area contributed by atoms with E-state index in [1.807, 2.05) is 37.3 Å². The Kier molecular flexibility index (Phi) is 4.51. The Morgan fingerprint density at radius 2 is 1.44 bits per heavy atom. The monoisotopic (exact) mass is 353 g/mol. The van der Waals surface area contributed by atoms with Gasteiger partial charge in [-0.1, -0.05) is 48.5 Å². The van der Waals surface area contributed by atoms with Gasteiger partial charge in [-0.05, 0) is 54.3 Å². The average Bonchev–Trinajstić information content (AvgIpc) is 2.60. The Balaban J connectivity index is 1.91. The van der Waals surface area contributed by atoms with Crippen LogP contribution < -0.4 is 4.72 Å². The molecule has 0 spiro atoms. The molecule has 0 aliphatic carbocycles. The molecule has 0 saturated heterocycles. The normalized spacial score (nSPS) is 11.3. The van der Waals surface area contributed by atoms with Crippen LogP contribution in [0.25, 0.3) is 11.1 Å². The average molecular weight is 353 g/mol. The number of sulfonamides is 1. The van der Waals surface area contributed by atoms with E-state index in [-0.39, 0.29) is 16.3 Å². The van der Waals surface area contributed by atoms with Crippen LogP contribution in [0.15, 0.2) is 71.6 Å². The molecule has 0 aromatic heterocycles. The van der Waals surface area contributed by atoms with E-state index >= 15 is 0 Å². The summed E-state index contributed by atoms with van der Waals surface area (Å²) < 4.78 is 27.7. The van der Waals surface area contributed by atoms with Gasteiger partial charge in [-0.25, -0.2) is 8.42 Å². The number of benzene rings is 3. The van der Waals surface area contributed by atoms with Crippen molar-refractivity contribution in [3.8, 4) is 16.9 Å². The summed E-state index contributed by atoms with van der Waals surface area (Å²) in [7, 11) is -3.78. The number of anilines is 1. The molecule has 5 heteroatoms. The van der Waals surface area contributed by atoms with Crippen molar-refractivity contribution < 1.29 is 13.5 Å². The molecule has 0 radical (unpaired) electrons. The molecule has 0 unspecified atom stereocenters. The van der Waals surface area contributed by atoms with Crippen LogP contribution in [0, 0.1) is 13.8 Å². The number of hydrogen-bond donors (Lipinski definition) is 2. The summed E-state index contributed by atoms with van der Waals surface area (Å²) in [6, 6.07) is 19.8. The highest BCUT2D eigenvalue weighted by molar-refractivity contribution is 7.92. The van der Waals surface area contributed by atoms with Gasteiger partial charge in [0.25, 0.3) is 10.0 Å². The molecule has 0 amide bonds. The van der Waals surface area contributed by atoms with Crippen molar-refractivity contribution >= 4 is 15.7 Å². The van der Waals surface area contributed by atoms with Crippen molar-refractivity contribution in [2.24, 2.45) is 0 Å². The molecule has 0 fully saturated rings. The van der Waals surface area contributed by atoms with E-state index in [9.17, 15) is 13.5 Å². The van der Waals surface area contributed by atoms with Gasteiger partial charge in [0.2, 0.25) is 0 Å². The summed E-state index contributed by atoms with van der Waals surface area (Å²) >= 11 is 0. The SMILES string of the molecule is Cc1cc(C)c(O)c(NS(=O)(=O)c2ccc(-c3ccccc3)cc2)c1. The molecule has 0 heterocycles. The molecule has 128 valence electrons. The Hall–Kier alpha value is -2.79. The van der Waals surface area contributed by atoms with E-state index in [0.717, 1.165) is 16.7 Å². The van der Waals surface area contributed by atoms with Crippen molar-refractivity contribution in [1.29, 1.82) is 0 Å². The molecular weight excluding hydrogens is 334 g/mol. The van der Waals surface area contributed by atoms with Crippen LogP contribution in [0.4, 0.5) is 5.69 Å². The van der Waals surface area contributed by atoms with Gasteiger partial charge in [-0.3, -0.25) is 4.72 Å². The minimum absolute atomic E-state index is 0.0601. The third-order valence-corrected chi connectivity index (χ3v) is 5.34. The fraction of sp³-hybridized carbons (Fsp3) is 0.100. The standard InChI is InChI=1S/C20H19NO3S/c1-14-12-15(2)20(22)19(13-14)21-25(23,24)18-10-8-17(9-11-18)16-6-4-3-5-7-16/h3-13,21-22H,1-2H3. The Morgan fingerprint density at radius 1 is 0.840 bits per heavy atom. The molecule has 4 nitrogen and oxygen atoms in total. The molecular formula is C20H19NO3S. The molecule has 2 N–H and O–H groups in total. The molecule has 3 rings (SSSR count). The number of phenols is 1. The second-order valence-electron chi connectivity index (χ2n) is 5.97. The van der Waals surface area contributed by atoms with Gasteiger partial charge >= 0.3 is 0 Å². The number of aromatic hydroxyl groups is 1. The molecule has 0 bridgehead atoms. The Labute approximate surface area is 147 Å². The van der Waals surface area contributed by atoms with Crippen molar-refractivity contribution in [3.05, 3.63) is 77.9 Å². The molecule has 0 atom stereocenters. The minimum atomic E-state index is -3.78. The fourth-order valence-corrected chi connectivity index (χ4v) is 3.76. The number of aryl methyl sites for hydroxylation is 2. The first-order valence-electron chi connectivity index (χ1n) is 7.85. The summed E-state index contributed by atoms with van der Waals surface area (Å²) in [4.78, 5) is 0.144. The van der Waals surface area contributed by atoms with E-state index in [4.69, 9.17) is 0 Å². The first kappa shape index (κ1) is 17.0. The van der Waals surface area contributed by atoms with Gasteiger partial charge in [0.15, 0.2) is 0 Å². The molecule has 3 aromatic rings. The summed E-state index contributed by atoms with van der Waals surface area (Å²) in [6.07, 6.45) is 0. The minimum Gasteiger partial charge on any atom is -0.505 e. The Morgan fingerprint density at radius 3 is 2.08 bits per heavy atom. The summed E-state index contributed by atoms with van der Waals surface area (Å²) in [5, 5.41) is 10.1.